The van der Waals surface area contributed by atoms with Crippen molar-refractivity contribution in [3.63, 3.8) is 0 Å². The molecule has 1 fully saturated rings. The largest absolute Gasteiger partial charge is 0.380 e. The van der Waals surface area contributed by atoms with Crippen molar-refractivity contribution in [1.29, 1.82) is 0 Å². The Hall–Kier alpha value is -0.600. The topological polar surface area (TPSA) is 21.3 Å². The maximum absolute atomic E-state index is 5.27. The van der Waals surface area contributed by atoms with E-state index in [1.807, 2.05) is 6.92 Å². The fraction of sp³-hybridized carbons (Fsp3) is 0.692. The molecule has 2 nitrogen and oxygen atoms in total. The predicted octanol–water partition coefficient (Wildman–Crippen LogP) is 2.13. The number of hydrogen-bond donors (Lipinski definition) is 1. The summed E-state index contributed by atoms with van der Waals surface area (Å²) in [6.07, 6.45) is 8.41. The standard InChI is InChI=1S/C13H21NO/c1-3-15-7-6-14-10-11-4-5-13(2)9-12(13)8-11/h4-5,8,12,14H,3,6-7,9-10H2,1-2H3. The molecule has 2 atom stereocenters. The van der Waals surface area contributed by atoms with Gasteiger partial charge in [0.2, 0.25) is 0 Å². The molecule has 2 unspecified atom stereocenters. The van der Waals surface area contributed by atoms with E-state index in [1.54, 1.807) is 0 Å². The van der Waals surface area contributed by atoms with Crippen LogP contribution in [0, 0.1) is 11.3 Å². The Bertz CT molecular complexity index is 282. The molecule has 0 bridgehead atoms. The van der Waals surface area contributed by atoms with Gasteiger partial charge in [0.25, 0.3) is 0 Å². The second-order valence-corrected chi connectivity index (χ2v) is 4.77. The molecule has 0 saturated heterocycles. The average molecular weight is 207 g/mol. The molecular formula is C13H21NO. The first-order valence-electron chi connectivity index (χ1n) is 5.93. The van der Waals surface area contributed by atoms with Gasteiger partial charge in [0.05, 0.1) is 6.61 Å². The zero-order valence-corrected chi connectivity index (χ0v) is 9.75. The molecule has 1 saturated carbocycles. The highest BCUT2D eigenvalue weighted by atomic mass is 16.5. The first-order chi connectivity index (χ1) is 7.24. The van der Waals surface area contributed by atoms with Crippen molar-refractivity contribution in [2.75, 3.05) is 26.3 Å². The molecule has 0 spiro atoms. The first kappa shape index (κ1) is 10.9. The summed E-state index contributed by atoms with van der Waals surface area (Å²) in [7, 11) is 0. The van der Waals surface area contributed by atoms with Crippen molar-refractivity contribution in [1.82, 2.24) is 5.32 Å². The number of nitrogens with one attached hydrogen (secondary N) is 1. The highest BCUT2D eigenvalue weighted by molar-refractivity contribution is 5.35. The van der Waals surface area contributed by atoms with Crippen LogP contribution in [0.4, 0.5) is 0 Å². The van der Waals surface area contributed by atoms with Crippen LogP contribution in [0.5, 0.6) is 0 Å². The van der Waals surface area contributed by atoms with Gasteiger partial charge in [-0.3, -0.25) is 0 Å². The number of rotatable bonds is 6. The Balaban J connectivity index is 1.65. The third-order valence-corrected chi connectivity index (χ3v) is 3.40. The number of ether oxygens (including phenoxy) is 1. The molecule has 0 radical (unpaired) electrons. The van der Waals surface area contributed by atoms with Crippen LogP contribution in [0.3, 0.4) is 0 Å². The molecule has 0 aliphatic heterocycles. The van der Waals surface area contributed by atoms with Crippen LogP contribution in [0.1, 0.15) is 20.3 Å². The number of allylic oxidation sites excluding steroid dienone is 2. The smallest absolute Gasteiger partial charge is 0.0590 e. The molecular weight excluding hydrogens is 186 g/mol. The van der Waals surface area contributed by atoms with Crippen LogP contribution in [0.15, 0.2) is 23.8 Å². The van der Waals surface area contributed by atoms with E-state index < -0.39 is 0 Å². The maximum Gasteiger partial charge on any atom is 0.0590 e. The molecule has 0 aromatic carbocycles. The van der Waals surface area contributed by atoms with E-state index in [-0.39, 0.29) is 0 Å². The summed E-state index contributed by atoms with van der Waals surface area (Å²) in [6.45, 7) is 7.92. The van der Waals surface area contributed by atoms with Gasteiger partial charge in [-0.1, -0.05) is 25.2 Å². The minimum absolute atomic E-state index is 0.509. The van der Waals surface area contributed by atoms with Crippen molar-refractivity contribution in [3.05, 3.63) is 23.8 Å². The Labute approximate surface area is 92.4 Å². The lowest BCUT2D eigenvalue weighted by Crippen LogP contribution is -2.22. The van der Waals surface area contributed by atoms with Crippen LogP contribution in [-0.4, -0.2) is 26.3 Å². The summed E-state index contributed by atoms with van der Waals surface area (Å²) in [6, 6.07) is 0. The summed E-state index contributed by atoms with van der Waals surface area (Å²) in [5, 5.41) is 3.40. The van der Waals surface area contributed by atoms with Gasteiger partial charge >= 0.3 is 0 Å². The van der Waals surface area contributed by atoms with E-state index in [9.17, 15) is 0 Å². The van der Waals surface area contributed by atoms with Crippen molar-refractivity contribution in [3.8, 4) is 0 Å². The molecule has 15 heavy (non-hydrogen) atoms. The molecule has 2 aliphatic carbocycles. The third kappa shape index (κ3) is 2.70. The second kappa shape index (κ2) is 4.50. The van der Waals surface area contributed by atoms with Crippen molar-refractivity contribution >= 4 is 0 Å². The first-order valence-corrected chi connectivity index (χ1v) is 5.93. The second-order valence-electron chi connectivity index (χ2n) is 4.77. The van der Waals surface area contributed by atoms with Gasteiger partial charge in [0.1, 0.15) is 0 Å². The van der Waals surface area contributed by atoms with E-state index in [1.165, 1.54) is 12.0 Å². The van der Waals surface area contributed by atoms with Crippen molar-refractivity contribution in [2.45, 2.75) is 20.3 Å². The van der Waals surface area contributed by atoms with Gasteiger partial charge in [-0.2, -0.15) is 0 Å². The molecule has 2 heteroatoms. The summed E-state index contributed by atoms with van der Waals surface area (Å²) >= 11 is 0. The van der Waals surface area contributed by atoms with Gasteiger partial charge < -0.3 is 10.1 Å². The Morgan fingerprint density at radius 1 is 1.60 bits per heavy atom. The van der Waals surface area contributed by atoms with E-state index >= 15 is 0 Å². The van der Waals surface area contributed by atoms with Gasteiger partial charge in [0, 0.05) is 19.7 Å². The average Bonchev–Trinajstić information content (AvgIpc) is 2.89. The Morgan fingerprint density at radius 2 is 2.47 bits per heavy atom. The number of hydrogen-bond acceptors (Lipinski definition) is 2. The quantitative estimate of drug-likeness (QED) is 0.674. The lowest BCUT2D eigenvalue weighted by Gasteiger charge is -2.12. The lowest BCUT2D eigenvalue weighted by molar-refractivity contribution is 0.150. The molecule has 0 aromatic rings. The Kier molecular flexibility index (Phi) is 3.27. The van der Waals surface area contributed by atoms with Gasteiger partial charge in [-0.25, -0.2) is 0 Å². The molecule has 0 heterocycles. The normalized spacial score (nSPS) is 32.4. The van der Waals surface area contributed by atoms with E-state index in [0.29, 0.717) is 5.41 Å². The fourth-order valence-electron chi connectivity index (χ4n) is 2.11. The maximum atomic E-state index is 5.27. The minimum atomic E-state index is 0.509. The number of fused-ring (bicyclic) bond motifs is 1. The zero-order chi connectivity index (χ0) is 10.7. The lowest BCUT2D eigenvalue weighted by atomic mass is 9.98. The summed E-state index contributed by atoms with van der Waals surface area (Å²) in [5.41, 5.74) is 1.95. The van der Waals surface area contributed by atoms with Crippen LogP contribution in [0.2, 0.25) is 0 Å². The highest BCUT2D eigenvalue weighted by Gasteiger charge is 2.47. The highest BCUT2D eigenvalue weighted by Crippen LogP contribution is 2.56. The van der Waals surface area contributed by atoms with E-state index in [4.69, 9.17) is 4.74 Å². The summed E-state index contributed by atoms with van der Waals surface area (Å²) in [5.74, 6) is 0.811. The molecule has 0 amide bonds. The van der Waals surface area contributed by atoms with Gasteiger partial charge in [0.15, 0.2) is 0 Å². The van der Waals surface area contributed by atoms with E-state index in [2.05, 4.69) is 30.5 Å². The Morgan fingerprint density at radius 3 is 3.20 bits per heavy atom. The molecule has 0 aromatic heterocycles. The summed E-state index contributed by atoms with van der Waals surface area (Å²) in [4.78, 5) is 0. The molecule has 2 aliphatic rings. The van der Waals surface area contributed by atoms with Crippen LogP contribution in [0.25, 0.3) is 0 Å². The summed E-state index contributed by atoms with van der Waals surface area (Å²) < 4.78 is 5.27. The van der Waals surface area contributed by atoms with Crippen LogP contribution in [-0.2, 0) is 4.74 Å². The zero-order valence-electron chi connectivity index (χ0n) is 9.75. The third-order valence-electron chi connectivity index (χ3n) is 3.40. The molecule has 2 rings (SSSR count). The molecule has 84 valence electrons. The van der Waals surface area contributed by atoms with Gasteiger partial charge in [-0.05, 0) is 30.3 Å². The SMILES string of the molecule is CCOCCNCC1=CC2CC2(C)C=C1. The minimum Gasteiger partial charge on any atom is -0.380 e. The molecule has 1 N–H and O–H groups in total. The van der Waals surface area contributed by atoms with Gasteiger partial charge in [-0.15, -0.1) is 0 Å². The van der Waals surface area contributed by atoms with Crippen molar-refractivity contribution in [2.24, 2.45) is 11.3 Å². The van der Waals surface area contributed by atoms with Crippen LogP contribution >= 0.6 is 0 Å². The monoisotopic (exact) mass is 207 g/mol. The predicted molar refractivity (Wildman–Crippen MR) is 62.8 cm³/mol. The van der Waals surface area contributed by atoms with E-state index in [0.717, 1.165) is 32.2 Å². The fourth-order valence-corrected chi connectivity index (χ4v) is 2.11. The van der Waals surface area contributed by atoms with Crippen LogP contribution < -0.4 is 5.32 Å². The van der Waals surface area contributed by atoms with Crippen molar-refractivity contribution < 1.29 is 4.74 Å².